The van der Waals surface area contributed by atoms with Gasteiger partial charge in [-0.25, -0.2) is 0 Å². The zero-order valence-corrected chi connectivity index (χ0v) is 5.43. The molecule has 1 rings (SSSR count). The van der Waals surface area contributed by atoms with Crippen LogP contribution in [0.5, 0.6) is 0 Å². The summed E-state index contributed by atoms with van der Waals surface area (Å²) in [4.78, 5) is 2.33. The van der Waals surface area contributed by atoms with E-state index in [1.165, 1.54) is 19.5 Å². The third kappa shape index (κ3) is 1.10. The van der Waals surface area contributed by atoms with E-state index in [1.54, 1.807) is 0 Å². The van der Waals surface area contributed by atoms with Crippen molar-refractivity contribution in [3.63, 3.8) is 0 Å². The summed E-state index contributed by atoms with van der Waals surface area (Å²) in [6, 6.07) is 0. The van der Waals surface area contributed by atoms with Crippen molar-refractivity contribution in [2.45, 2.75) is 6.42 Å². The molecule has 0 radical (unpaired) electrons. The summed E-state index contributed by atoms with van der Waals surface area (Å²) < 4.78 is 0. The summed E-state index contributed by atoms with van der Waals surface area (Å²) in [6.07, 6.45) is 3.21. The molecular formula is C7H13N. The molecule has 1 nitrogen and oxygen atoms in total. The molecule has 0 aromatic heterocycles. The van der Waals surface area contributed by atoms with Crippen LogP contribution in [0.25, 0.3) is 0 Å². The zero-order chi connectivity index (χ0) is 5.98. The van der Waals surface area contributed by atoms with Gasteiger partial charge in [-0.05, 0) is 19.4 Å². The minimum absolute atomic E-state index is 0.914. The number of nitrogens with zero attached hydrogens (tertiary/aromatic N) is 1. The lowest BCUT2D eigenvalue weighted by Crippen LogP contribution is -2.43. The number of hydrogen-bond acceptors (Lipinski definition) is 1. The van der Waals surface area contributed by atoms with Crippen molar-refractivity contribution >= 4 is 0 Å². The fourth-order valence-electron chi connectivity index (χ4n) is 1.21. The summed E-state index contributed by atoms with van der Waals surface area (Å²) in [6.45, 7) is 6.23. The molecule has 0 aromatic carbocycles. The predicted molar refractivity (Wildman–Crippen MR) is 35.8 cm³/mol. The molecule has 1 aliphatic rings. The van der Waals surface area contributed by atoms with Crippen LogP contribution in [0, 0.1) is 5.92 Å². The molecule has 1 heteroatoms. The Morgan fingerprint density at radius 2 is 2.38 bits per heavy atom. The Hall–Kier alpha value is -0.300. The molecule has 0 bridgehead atoms. The van der Waals surface area contributed by atoms with Crippen LogP contribution in [0.2, 0.25) is 0 Å². The van der Waals surface area contributed by atoms with Gasteiger partial charge < -0.3 is 4.90 Å². The van der Waals surface area contributed by atoms with E-state index in [0.717, 1.165) is 5.92 Å². The zero-order valence-electron chi connectivity index (χ0n) is 5.43. The predicted octanol–water partition coefficient (Wildman–Crippen LogP) is 1.12. The van der Waals surface area contributed by atoms with Gasteiger partial charge in [-0.2, -0.15) is 0 Å². The normalized spacial score (nSPS) is 22.6. The van der Waals surface area contributed by atoms with Gasteiger partial charge in [0.15, 0.2) is 0 Å². The maximum absolute atomic E-state index is 3.69. The van der Waals surface area contributed by atoms with Gasteiger partial charge in [-0.15, -0.1) is 6.58 Å². The standard InChI is InChI=1S/C7H13N/c1-3-4-7-5-8(2)6-7/h3,7H,1,4-6H2,2H3. The monoisotopic (exact) mass is 111 g/mol. The van der Waals surface area contributed by atoms with Gasteiger partial charge in [0.05, 0.1) is 0 Å². The summed E-state index contributed by atoms with van der Waals surface area (Å²) in [5, 5.41) is 0. The largest absolute Gasteiger partial charge is 0.306 e. The molecule has 8 heavy (non-hydrogen) atoms. The Morgan fingerprint density at radius 3 is 2.75 bits per heavy atom. The molecule has 1 fully saturated rings. The van der Waals surface area contributed by atoms with Gasteiger partial charge in [0.2, 0.25) is 0 Å². The fourth-order valence-corrected chi connectivity index (χ4v) is 1.21. The average molecular weight is 111 g/mol. The van der Waals surface area contributed by atoms with Crippen LogP contribution in [0.4, 0.5) is 0 Å². The number of likely N-dealkylation sites (tertiary alicyclic amines) is 1. The van der Waals surface area contributed by atoms with Crippen molar-refractivity contribution in [2.75, 3.05) is 20.1 Å². The van der Waals surface area contributed by atoms with E-state index in [2.05, 4.69) is 18.5 Å². The van der Waals surface area contributed by atoms with Crippen LogP contribution in [-0.2, 0) is 0 Å². The van der Waals surface area contributed by atoms with Crippen molar-refractivity contribution in [1.29, 1.82) is 0 Å². The molecule has 0 aliphatic carbocycles. The van der Waals surface area contributed by atoms with Crippen molar-refractivity contribution < 1.29 is 0 Å². The second kappa shape index (κ2) is 2.31. The third-order valence-electron chi connectivity index (χ3n) is 1.64. The summed E-state index contributed by atoms with van der Waals surface area (Å²) in [7, 11) is 2.15. The topological polar surface area (TPSA) is 3.24 Å². The van der Waals surface area contributed by atoms with Crippen molar-refractivity contribution in [3.05, 3.63) is 12.7 Å². The van der Waals surface area contributed by atoms with Gasteiger partial charge in [0, 0.05) is 13.1 Å². The highest BCUT2D eigenvalue weighted by atomic mass is 15.2. The minimum atomic E-state index is 0.914. The summed E-state index contributed by atoms with van der Waals surface area (Å²) in [5.74, 6) is 0.914. The first-order chi connectivity index (χ1) is 3.83. The molecular weight excluding hydrogens is 98.1 g/mol. The van der Waals surface area contributed by atoms with Crippen LogP contribution >= 0.6 is 0 Å². The Bertz CT molecular complexity index is 82.4. The van der Waals surface area contributed by atoms with Crippen molar-refractivity contribution in [3.8, 4) is 0 Å². The van der Waals surface area contributed by atoms with Gasteiger partial charge >= 0.3 is 0 Å². The van der Waals surface area contributed by atoms with Gasteiger partial charge in [-0.1, -0.05) is 6.08 Å². The maximum atomic E-state index is 3.69. The molecule has 0 amide bonds. The first-order valence-electron chi connectivity index (χ1n) is 3.12. The molecule has 0 atom stereocenters. The van der Waals surface area contributed by atoms with E-state index < -0.39 is 0 Å². The van der Waals surface area contributed by atoms with E-state index in [1.807, 2.05) is 6.08 Å². The van der Waals surface area contributed by atoms with Gasteiger partial charge in [-0.3, -0.25) is 0 Å². The molecule has 0 saturated carbocycles. The van der Waals surface area contributed by atoms with Crippen LogP contribution in [-0.4, -0.2) is 25.0 Å². The molecule has 0 aromatic rings. The molecule has 1 saturated heterocycles. The van der Waals surface area contributed by atoms with Gasteiger partial charge in [0.1, 0.15) is 0 Å². The second-order valence-corrected chi connectivity index (χ2v) is 2.61. The number of hydrogen-bond donors (Lipinski definition) is 0. The van der Waals surface area contributed by atoms with Crippen LogP contribution in [0.15, 0.2) is 12.7 Å². The minimum Gasteiger partial charge on any atom is -0.306 e. The molecule has 46 valence electrons. The first-order valence-corrected chi connectivity index (χ1v) is 3.12. The number of allylic oxidation sites excluding steroid dienone is 1. The summed E-state index contributed by atoms with van der Waals surface area (Å²) in [5.41, 5.74) is 0. The van der Waals surface area contributed by atoms with E-state index in [4.69, 9.17) is 0 Å². The highest BCUT2D eigenvalue weighted by Gasteiger charge is 2.20. The highest BCUT2D eigenvalue weighted by Crippen LogP contribution is 2.15. The Labute approximate surface area is 51.0 Å². The molecule has 0 N–H and O–H groups in total. The quantitative estimate of drug-likeness (QED) is 0.483. The fraction of sp³-hybridized carbons (Fsp3) is 0.714. The van der Waals surface area contributed by atoms with E-state index in [0.29, 0.717) is 0 Å². The molecule has 0 unspecified atom stereocenters. The highest BCUT2D eigenvalue weighted by molar-refractivity contribution is 4.82. The third-order valence-corrected chi connectivity index (χ3v) is 1.64. The van der Waals surface area contributed by atoms with Crippen LogP contribution in [0.1, 0.15) is 6.42 Å². The van der Waals surface area contributed by atoms with Crippen LogP contribution in [0.3, 0.4) is 0 Å². The first kappa shape index (κ1) is 5.83. The number of rotatable bonds is 2. The molecule has 1 heterocycles. The lowest BCUT2D eigenvalue weighted by atomic mass is 9.98. The Morgan fingerprint density at radius 1 is 1.75 bits per heavy atom. The second-order valence-electron chi connectivity index (χ2n) is 2.61. The summed E-state index contributed by atoms with van der Waals surface area (Å²) >= 11 is 0. The average Bonchev–Trinajstić information content (AvgIpc) is 1.64. The maximum Gasteiger partial charge on any atom is 0.00219 e. The lowest BCUT2D eigenvalue weighted by molar-refractivity contribution is 0.137. The van der Waals surface area contributed by atoms with Crippen molar-refractivity contribution in [2.24, 2.45) is 5.92 Å². The van der Waals surface area contributed by atoms with Crippen molar-refractivity contribution in [1.82, 2.24) is 4.90 Å². The van der Waals surface area contributed by atoms with E-state index in [9.17, 15) is 0 Å². The SMILES string of the molecule is C=CCC1CN(C)C1. The smallest absolute Gasteiger partial charge is 0.00219 e. The van der Waals surface area contributed by atoms with Crippen LogP contribution < -0.4 is 0 Å². The Balaban J connectivity index is 2.06. The van der Waals surface area contributed by atoms with E-state index >= 15 is 0 Å². The lowest BCUT2D eigenvalue weighted by Gasteiger charge is -2.35. The molecule has 0 spiro atoms. The van der Waals surface area contributed by atoms with Gasteiger partial charge in [0.25, 0.3) is 0 Å². The Kier molecular flexibility index (Phi) is 1.69. The van der Waals surface area contributed by atoms with E-state index in [-0.39, 0.29) is 0 Å². The molecule has 1 aliphatic heterocycles.